The summed E-state index contributed by atoms with van der Waals surface area (Å²) in [6.45, 7) is 1.87. The third-order valence-corrected chi connectivity index (χ3v) is 4.49. The lowest BCUT2D eigenvalue weighted by Crippen LogP contribution is -2.21. The molecule has 0 saturated carbocycles. The number of halogens is 1. The van der Waals surface area contributed by atoms with E-state index in [1.807, 2.05) is 19.1 Å². The van der Waals surface area contributed by atoms with Gasteiger partial charge in [-0.1, -0.05) is 23.7 Å². The molecule has 1 aromatic carbocycles. The molecule has 7 nitrogen and oxygen atoms in total. The number of benzene rings is 1. The fraction of sp³-hybridized carbons (Fsp3) is 0.235. The number of aryl methyl sites for hydroxylation is 1. The van der Waals surface area contributed by atoms with Gasteiger partial charge in [-0.05, 0) is 18.6 Å². The molecule has 0 atom stereocenters. The quantitative estimate of drug-likeness (QED) is 0.771. The number of hydrogen-bond donors (Lipinski definition) is 1. The number of aromatic nitrogens is 3. The second-order valence-electron chi connectivity index (χ2n) is 5.70. The molecule has 0 bridgehead atoms. The fourth-order valence-corrected chi connectivity index (χ4v) is 2.91. The lowest BCUT2D eigenvalue weighted by molar-refractivity contribution is 0.0685. The standard InChI is InChI=1S/C17H16ClN3O4/c1-9-4-5-10(6-12(9)18)13-7-21-15(16(22)20(13)2)11(8-25-3)14(19-21)17(23)24/h4-7H,8H2,1-3H3,(H,23,24). The topological polar surface area (TPSA) is 85.8 Å². The molecule has 8 heteroatoms. The Hall–Kier alpha value is -2.64. The maximum absolute atomic E-state index is 12.8. The molecule has 0 aliphatic rings. The van der Waals surface area contributed by atoms with E-state index in [4.69, 9.17) is 16.3 Å². The lowest BCUT2D eigenvalue weighted by Gasteiger charge is -2.11. The van der Waals surface area contributed by atoms with Crippen molar-refractivity contribution in [2.24, 2.45) is 7.05 Å². The molecule has 2 aromatic heterocycles. The largest absolute Gasteiger partial charge is 0.476 e. The van der Waals surface area contributed by atoms with E-state index < -0.39 is 5.97 Å². The zero-order chi connectivity index (χ0) is 18.3. The third-order valence-electron chi connectivity index (χ3n) is 4.08. The van der Waals surface area contributed by atoms with Gasteiger partial charge in [0.1, 0.15) is 5.52 Å². The van der Waals surface area contributed by atoms with Crippen molar-refractivity contribution in [3.63, 3.8) is 0 Å². The summed E-state index contributed by atoms with van der Waals surface area (Å²) in [4.78, 5) is 24.3. The number of nitrogens with zero attached hydrogens (tertiary/aromatic N) is 3. The number of hydrogen-bond acceptors (Lipinski definition) is 4. The van der Waals surface area contributed by atoms with Crippen LogP contribution in [-0.4, -0.2) is 32.4 Å². The number of methoxy groups -OCH3 is 1. The highest BCUT2D eigenvalue weighted by Crippen LogP contribution is 2.25. The van der Waals surface area contributed by atoms with E-state index in [0.717, 1.165) is 11.1 Å². The monoisotopic (exact) mass is 361 g/mol. The van der Waals surface area contributed by atoms with Crippen LogP contribution in [0.25, 0.3) is 16.8 Å². The molecule has 2 heterocycles. The van der Waals surface area contributed by atoms with Crippen LogP contribution < -0.4 is 5.56 Å². The molecule has 0 unspecified atom stereocenters. The zero-order valence-corrected chi connectivity index (χ0v) is 14.7. The van der Waals surface area contributed by atoms with Gasteiger partial charge in [0.2, 0.25) is 0 Å². The van der Waals surface area contributed by atoms with Crippen molar-refractivity contribution in [1.29, 1.82) is 0 Å². The molecule has 0 saturated heterocycles. The highest BCUT2D eigenvalue weighted by molar-refractivity contribution is 6.31. The molecule has 25 heavy (non-hydrogen) atoms. The van der Waals surface area contributed by atoms with Crippen molar-refractivity contribution in [1.82, 2.24) is 14.2 Å². The van der Waals surface area contributed by atoms with Gasteiger partial charge in [0.15, 0.2) is 5.69 Å². The van der Waals surface area contributed by atoms with Crippen LogP contribution in [0, 0.1) is 6.92 Å². The van der Waals surface area contributed by atoms with Crippen LogP contribution in [0.5, 0.6) is 0 Å². The molecule has 0 fully saturated rings. The van der Waals surface area contributed by atoms with Crippen molar-refractivity contribution in [2.45, 2.75) is 13.5 Å². The average molecular weight is 362 g/mol. The van der Waals surface area contributed by atoms with E-state index in [9.17, 15) is 14.7 Å². The minimum atomic E-state index is -1.21. The van der Waals surface area contributed by atoms with Gasteiger partial charge in [-0.2, -0.15) is 5.10 Å². The van der Waals surface area contributed by atoms with E-state index in [2.05, 4.69) is 5.10 Å². The highest BCUT2D eigenvalue weighted by atomic mass is 35.5. The van der Waals surface area contributed by atoms with Gasteiger partial charge in [0, 0.05) is 30.3 Å². The first-order chi connectivity index (χ1) is 11.8. The Morgan fingerprint density at radius 2 is 2.12 bits per heavy atom. The van der Waals surface area contributed by atoms with Crippen LogP contribution in [0.15, 0.2) is 29.2 Å². The number of rotatable bonds is 4. The van der Waals surface area contributed by atoms with Crippen LogP contribution in [0.1, 0.15) is 21.6 Å². The Morgan fingerprint density at radius 3 is 2.72 bits per heavy atom. The first-order valence-corrected chi connectivity index (χ1v) is 7.83. The van der Waals surface area contributed by atoms with Gasteiger partial charge in [-0.3, -0.25) is 4.79 Å². The van der Waals surface area contributed by atoms with Gasteiger partial charge in [0.05, 0.1) is 18.5 Å². The molecular formula is C17H16ClN3O4. The Morgan fingerprint density at radius 1 is 1.40 bits per heavy atom. The van der Waals surface area contributed by atoms with Crippen molar-refractivity contribution in [2.75, 3.05) is 7.11 Å². The van der Waals surface area contributed by atoms with Gasteiger partial charge in [0.25, 0.3) is 5.56 Å². The Bertz CT molecular complexity index is 1050. The summed E-state index contributed by atoms with van der Waals surface area (Å²) in [7, 11) is 3.05. The molecule has 0 amide bonds. The van der Waals surface area contributed by atoms with E-state index in [1.54, 1.807) is 19.3 Å². The number of ether oxygens (including phenoxy) is 1. The SMILES string of the molecule is COCc1c(C(=O)O)nn2cc(-c3ccc(C)c(Cl)c3)n(C)c(=O)c12. The van der Waals surface area contributed by atoms with Crippen LogP contribution in [0.3, 0.4) is 0 Å². The number of carboxylic acids is 1. The van der Waals surface area contributed by atoms with Gasteiger partial charge in [-0.25, -0.2) is 9.31 Å². The Balaban J connectivity index is 2.34. The first kappa shape index (κ1) is 17.2. The van der Waals surface area contributed by atoms with Crippen LogP contribution in [-0.2, 0) is 18.4 Å². The summed E-state index contributed by atoms with van der Waals surface area (Å²) < 4.78 is 7.78. The normalized spacial score (nSPS) is 11.2. The molecule has 3 rings (SSSR count). The molecule has 0 aliphatic heterocycles. The summed E-state index contributed by atoms with van der Waals surface area (Å²) in [5.74, 6) is -1.21. The van der Waals surface area contributed by atoms with Gasteiger partial charge < -0.3 is 14.4 Å². The van der Waals surface area contributed by atoms with Gasteiger partial charge >= 0.3 is 5.97 Å². The first-order valence-electron chi connectivity index (χ1n) is 7.45. The summed E-state index contributed by atoms with van der Waals surface area (Å²) >= 11 is 6.18. The van der Waals surface area contributed by atoms with Gasteiger partial charge in [-0.15, -0.1) is 0 Å². The van der Waals surface area contributed by atoms with Crippen LogP contribution in [0.2, 0.25) is 5.02 Å². The predicted molar refractivity (Wildman–Crippen MR) is 93.3 cm³/mol. The smallest absolute Gasteiger partial charge is 0.356 e. The molecule has 0 radical (unpaired) electrons. The minimum Gasteiger partial charge on any atom is -0.476 e. The number of fused-ring (bicyclic) bond motifs is 1. The second-order valence-corrected chi connectivity index (χ2v) is 6.11. The molecule has 0 spiro atoms. The van der Waals surface area contributed by atoms with E-state index in [1.165, 1.54) is 16.2 Å². The van der Waals surface area contributed by atoms with Crippen molar-refractivity contribution >= 4 is 23.1 Å². The molecular weight excluding hydrogens is 346 g/mol. The number of aromatic carboxylic acids is 1. The molecule has 1 N–H and O–H groups in total. The van der Waals surface area contributed by atoms with E-state index in [-0.39, 0.29) is 28.9 Å². The maximum atomic E-state index is 12.8. The van der Waals surface area contributed by atoms with Crippen molar-refractivity contribution in [3.8, 4) is 11.3 Å². The highest BCUT2D eigenvalue weighted by Gasteiger charge is 2.22. The molecule has 130 valence electrons. The predicted octanol–water partition coefficient (Wildman–Crippen LogP) is 2.51. The summed E-state index contributed by atoms with van der Waals surface area (Å²) in [6.07, 6.45) is 1.61. The number of carbonyl (C=O) groups is 1. The molecule has 0 aliphatic carbocycles. The summed E-state index contributed by atoms with van der Waals surface area (Å²) in [6, 6.07) is 5.46. The average Bonchev–Trinajstić information content (AvgIpc) is 2.93. The summed E-state index contributed by atoms with van der Waals surface area (Å²) in [5, 5.41) is 14.0. The third kappa shape index (κ3) is 2.81. The lowest BCUT2D eigenvalue weighted by atomic mass is 10.1. The van der Waals surface area contributed by atoms with E-state index in [0.29, 0.717) is 10.7 Å². The fourth-order valence-electron chi connectivity index (χ4n) is 2.73. The Kier molecular flexibility index (Phi) is 4.36. The van der Waals surface area contributed by atoms with Crippen molar-refractivity contribution < 1.29 is 14.6 Å². The summed E-state index contributed by atoms with van der Waals surface area (Å²) in [5.41, 5.74) is 2.11. The maximum Gasteiger partial charge on any atom is 0.356 e. The molecule has 3 aromatic rings. The Labute approximate surface area is 148 Å². The second kappa shape index (κ2) is 6.34. The van der Waals surface area contributed by atoms with Crippen LogP contribution in [0.4, 0.5) is 0 Å². The zero-order valence-electron chi connectivity index (χ0n) is 13.9. The van der Waals surface area contributed by atoms with E-state index >= 15 is 0 Å². The minimum absolute atomic E-state index is 0.0178. The van der Waals surface area contributed by atoms with Crippen LogP contribution >= 0.6 is 11.6 Å². The number of carboxylic acid groups (broad SMARTS) is 1. The van der Waals surface area contributed by atoms with Crippen molar-refractivity contribution in [3.05, 3.63) is 56.6 Å².